The summed E-state index contributed by atoms with van der Waals surface area (Å²) in [5, 5.41) is 4.13. The van der Waals surface area contributed by atoms with E-state index in [9.17, 15) is 0 Å². The fourth-order valence-electron chi connectivity index (χ4n) is 3.71. The molecule has 1 N–H and O–H groups in total. The molecule has 0 spiro atoms. The van der Waals surface area contributed by atoms with Crippen LogP contribution in [-0.4, -0.2) is 46.2 Å². The molecule has 0 unspecified atom stereocenters. The third-order valence-electron chi connectivity index (χ3n) is 5.28. The van der Waals surface area contributed by atoms with Crippen LogP contribution in [-0.2, 0) is 0 Å². The molecule has 1 fully saturated rings. The van der Waals surface area contributed by atoms with Crippen molar-refractivity contribution in [1.82, 2.24) is 14.9 Å². The van der Waals surface area contributed by atoms with Crippen LogP contribution in [0.4, 0.5) is 11.4 Å². The van der Waals surface area contributed by atoms with E-state index in [0.717, 1.165) is 59.0 Å². The predicted molar refractivity (Wildman–Crippen MR) is 123 cm³/mol. The van der Waals surface area contributed by atoms with Gasteiger partial charge in [0, 0.05) is 37.6 Å². The number of fused-ring (bicyclic) bond motifs is 2. The number of benzene rings is 3. The minimum Gasteiger partial charge on any atom is -0.368 e. The molecule has 0 amide bonds. The fourth-order valence-corrected chi connectivity index (χ4v) is 4.01. The topological polar surface area (TPSA) is 44.3 Å². The number of anilines is 2. The third kappa shape index (κ3) is 3.71. The van der Waals surface area contributed by atoms with Gasteiger partial charge in [-0.05, 0) is 54.7 Å². The molecular formula is C23H21N5S. The first kappa shape index (κ1) is 17.8. The van der Waals surface area contributed by atoms with Gasteiger partial charge in [0.05, 0.1) is 22.1 Å². The Morgan fingerprint density at radius 2 is 1.34 bits per heavy atom. The molecule has 2 heterocycles. The van der Waals surface area contributed by atoms with Crippen LogP contribution in [0, 0.1) is 0 Å². The Bertz CT molecular complexity index is 1170. The summed E-state index contributed by atoms with van der Waals surface area (Å²) in [6.45, 7) is 3.72. The highest BCUT2D eigenvalue weighted by atomic mass is 32.1. The Kier molecular flexibility index (Phi) is 4.69. The molecule has 5 nitrogen and oxygen atoms in total. The van der Waals surface area contributed by atoms with E-state index >= 15 is 0 Å². The van der Waals surface area contributed by atoms with E-state index in [2.05, 4.69) is 50.4 Å². The van der Waals surface area contributed by atoms with E-state index in [1.807, 2.05) is 42.5 Å². The molecule has 0 radical (unpaired) electrons. The van der Waals surface area contributed by atoms with Gasteiger partial charge in [-0.15, -0.1) is 0 Å². The molecule has 0 saturated carbocycles. The summed E-state index contributed by atoms with van der Waals surface area (Å²) in [5.41, 5.74) is 5.77. The largest absolute Gasteiger partial charge is 0.368 e. The second-order valence-corrected chi connectivity index (χ2v) is 7.54. The van der Waals surface area contributed by atoms with Crippen LogP contribution < -0.4 is 10.2 Å². The van der Waals surface area contributed by atoms with Crippen LogP contribution in [0.5, 0.6) is 0 Å². The molecule has 1 aromatic heterocycles. The van der Waals surface area contributed by atoms with Gasteiger partial charge in [0.2, 0.25) is 0 Å². The highest BCUT2D eigenvalue weighted by Gasteiger charge is 2.19. The second-order valence-electron chi connectivity index (χ2n) is 7.16. The average Bonchev–Trinajstić information content (AvgIpc) is 2.78. The van der Waals surface area contributed by atoms with Crippen molar-refractivity contribution in [1.29, 1.82) is 0 Å². The van der Waals surface area contributed by atoms with Crippen molar-refractivity contribution in [3.8, 4) is 0 Å². The summed E-state index contributed by atoms with van der Waals surface area (Å²) in [6.07, 6.45) is 0. The molecule has 1 aliphatic heterocycles. The zero-order chi connectivity index (χ0) is 19.6. The highest BCUT2D eigenvalue weighted by molar-refractivity contribution is 7.80. The van der Waals surface area contributed by atoms with Crippen LogP contribution in [0.3, 0.4) is 0 Å². The van der Waals surface area contributed by atoms with Crippen molar-refractivity contribution >= 4 is 50.8 Å². The van der Waals surface area contributed by atoms with Gasteiger partial charge in [-0.2, -0.15) is 0 Å². The average molecular weight is 400 g/mol. The molecule has 1 saturated heterocycles. The number of rotatable bonds is 2. The summed E-state index contributed by atoms with van der Waals surface area (Å²) >= 11 is 5.67. The molecule has 29 heavy (non-hydrogen) atoms. The Morgan fingerprint density at radius 1 is 0.724 bits per heavy atom. The van der Waals surface area contributed by atoms with Gasteiger partial charge in [-0.25, -0.2) is 9.97 Å². The van der Waals surface area contributed by atoms with E-state index in [1.165, 1.54) is 5.69 Å². The second kappa shape index (κ2) is 7.64. The van der Waals surface area contributed by atoms with E-state index in [-0.39, 0.29) is 0 Å². The lowest BCUT2D eigenvalue weighted by Gasteiger charge is -2.37. The zero-order valence-electron chi connectivity index (χ0n) is 16.0. The van der Waals surface area contributed by atoms with Crippen LogP contribution in [0.1, 0.15) is 0 Å². The van der Waals surface area contributed by atoms with Crippen molar-refractivity contribution in [2.75, 3.05) is 36.4 Å². The minimum absolute atomic E-state index is 0.755. The van der Waals surface area contributed by atoms with Crippen molar-refractivity contribution in [2.24, 2.45) is 0 Å². The molecule has 1 aliphatic rings. The van der Waals surface area contributed by atoms with Crippen LogP contribution in [0.25, 0.3) is 22.1 Å². The first-order chi connectivity index (χ1) is 14.3. The van der Waals surface area contributed by atoms with Crippen LogP contribution in [0.2, 0.25) is 0 Å². The maximum Gasteiger partial charge on any atom is 0.173 e. The van der Waals surface area contributed by atoms with Gasteiger partial charge in [0.15, 0.2) is 5.11 Å². The zero-order valence-corrected chi connectivity index (χ0v) is 16.8. The summed E-state index contributed by atoms with van der Waals surface area (Å²) in [4.78, 5) is 14.0. The maximum atomic E-state index is 5.67. The molecule has 0 atom stereocenters. The SMILES string of the molecule is S=C(Nc1ccc2nc3ccccc3nc2c1)N1CCN(c2ccccc2)CC1. The van der Waals surface area contributed by atoms with Crippen molar-refractivity contribution < 1.29 is 0 Å². The Balaban J connectivity index is 1.28. The monoisotopic (exact) mass is 399 g/mol. The first-order valence-corrected chi connectivity index (χ1v) is 10.2. The summed E-state index contributed by atoms with van der Waals surface area (Å²) in [5.74, 6) is 0. The van der Waals surface area contributed by atoms with Gasteiger partial charge < -0.3 is 15.1 Å². The van der Waals surface area contributed by atoms with Crippen LogP contribution in [0.15, 0.2) is 72.8 Å². The molecule has 0 bridgehead atoms. The Hall–Kier alpha value is -3.25. The number of nitrogens with zero attached hydrogens (tertiary/aromatic N) is 4. The molecule has 0 aliphatic carbocycles. The van der Waals surface area contributed by atoms with Crippen LogP contribution >= 0.6 is 12.2 Å². The predicted octanol–water partition coefficient (Wildman–Crippen LogP) is 4.30. The fraction of sp³-hybridized carbons (Fsp3) is 0.174. The summed E-state index contributed by atoms with van der Waals surface area (Å²) in [7, 11) is 0. The van der Waals surface area contributed by atoms with Gasteiger partial charge in [0.25, 0.3) is 0 Å². The normalized spacial score (nSPS) is 14.3. The van der Waals surface area contributed by atoms with E-state index in [0.29, 0.717) is 0 Å². The maximum absolute atomic E-state index is 5.67. The van der Waals surface area contributed by atoms with Gasteiger partial charge in [-0.3, -0.25) is 0 Å². The number of nitrogens with one attached hydrogen (secondary N) is 1. The summed E-state index contributed by atoms with van der Waals surface area (Å²) in [6, 6.07) is 24.5. The number of thiocarbonyl (C=S) groups is 1. The lowest BCUT2D eigenvalue weighted by atomic mass is 10.2. The highest BCUT2D eigenvalue weighted by Crippen LogP contribution is 2.21. The Morgan fingerprint density at radius 3 is 2.07 bits per heavy atom. The quantitative estimate of drug-likeness (QED) is 0.400. The minimum atomic E-state index is 0.755. The molecule has 4 aromatic rings. The number of hydrogen-bond donors (Lipinski definition) is 1. The lowest BCUT2D eigenvalue weighted by Crippen LogP contribution is -2.50. The molecule has 144 valence electrons. The van der Waals surface area contributed by atoms with E-state index in [1.54, 1.807) is 0 Å². The summed E-state index contributed by atoms with van der Waals surface area (Å²) < 4.78 is 0. The smallest absolute Gasteiger partial charge is 0.173 e. The Labute approximate surface area is 175 Å². The number of hydrogen-bond acceptors (Lipinski definition) is 4. The lowest BCUT2D eigenvalue weighted by molar-refractivity contribution is 0.391. The molecular weight excluding hydrogens is 378 g/mol. The van der Waals surface area contributed by atoms with Gasteiger partial charge >= 0.3 is 0 Å². The third-order valence-corrected chi connectivity index (χ3v) is 5.64. The van der Waals surface area contributed by atoms with Crippen molar-refractivity contribution in [3.63, 3.8) is 0 Å². The number of piperazine rings is 1. The van der Waals surface area contributed by atoms with E-state index < -0.39 is 0 Å². The molecule has 5 rings (SSSR count). The van der Waals surface area contributed by atoms with E-state index in [4.69, 9.17) is 17.2 Å². The number of aromatic nitrogens is 2. The van der Waals surface area contributed by atoms with Crippen molar-refractivity contribution in [2.45, 2.75) is 0 Å². The molecule has 3 aromatic carbocycles. The van der Waals surface area contributed by atoms with Crippen molar-refractivity contribution in [3.05, 3.63) is 72.8 Å². The molecule has 6 heteroatoms. The standard InChI is InChI=1S/C23H21N5S/c29-23(28-14-12-27(13-15-28)18-6-2-1-3-7-18)24-17-10-11-21-22(16-17)26-20-9-5-4-8-19(20)25-21/h1-11,16H,12-15H2,(H,24,29). The van der Waals surface area contributed by atoms with Gasteiger partial charge in [0.1, 0.15) is 0 Å². The first-order valence-electron chi connectivity index (χ1n) is 9.79. The van der Waals surface area contributed by atoms with Gasteiger partial charge in [-0.1, -0.05) is 30.3 Å². The number of para-hydroxylation sites is 3.